The fourth-order valence-corrected chi connectivity index (χ4v) is 2.06. The Labute approximate surface area is 107 Å². The Bertz CT molecular complexity index is 540. The van der Waals surface area contributed by atoms with Gasteiger partial charge in [-0.3, -0.25) is 0 Å². The predicted molar refractivity (Wildman–Crippen MR) is 70.2 cm³/mol. The third-order valence-electron chi connectivity index (χ3n) is 3.23. The van der Waals surface area contributed by atoms with Crippen LogP contribution in [0.4, 0.5) is 4.39 Å². The van der Waals surface area contributed by atoms with Crippen molar-refractivity contribution in [3.05, 3.63) is 58.3 Å². The van der Waals surface area contributed by atoms with Gasteiger partial charge in [0.2, 0.25) is 0 Å². The summed E-state index contributed by atoms with van der Waals surface area (Å²) in [6.45, 7) is 5.78. The summed E-state index contributed by atoms with van der Waals surface area (Å²) in [5.74, 6) is 1.41. The van der Waals surface area contributed by atoms with Gasteiger partial charge in [0.15, 0.2) is 0 Å². The van der Waals surface area contributed by atoms with Gasteiger partial charge >= 0.3 is 0 Å². The van der Waals surface area contributed by atoms with Crippen molar-refractivity contribution in [2.45, 2.75) is 26.8 Å². The quantitative estimate of drug-likeness (QED) is 0.895. The Balaban J connectivity index is 2.45. The lowest BCUT2D eigenvalue weighted by Gasteiger charge is -2.15. The van der Waals surface area contributed by atoms with Crippen molar-refractivity contribution in [1.29, 1.82) is 0 Å². The molecule has 0 fully saturated rings. The molecule has 18 heavy (non-hydrogen) atoms. The first-order chi connectivity index (χ1) is 8.52. The number of halogens is 1. The van der Waals surface area contributed by atoms with Crippen molar-refractivity contribution in [2.24, 2.45) is 0 Å². The first kappa shape index (κ1) is 12.8. The van der Waals surface area contributed by atoms with E-state index in [4.69, 9.17) is 4.42 Å². The van der Waals surface area contributed by atoms with Crippen LogP contribution in [-0.4, -0.2) is 7.05 Å². The molecule has 1 unspecified atom stereocenters. The normalized spacial score (nSPS) is 12.7. The minimum Gasteiger partial charge on any atom is -0.464 e. The SMILES string of the molecule is CNC(c1cc(C)c(C)o1)c1ccc(C)cc1F. The lowest BCUT2D eigenvalue weighted by molar-refractivity contribution is 0.435. The molecule has 0 aliphatic heterocycles. The van der Waals surface area contributed by atoms with E-state index in [0.29, 0.717) is 5.56 Å². The summed E-state index contributed by atoms with van der Waals surface area (Å²) in [6, 6.07) is 6.96. The molecule has 1 aromatic carbocycles. The molecule has 3 heteroatoms. The first-order valence-electron chi connectivity index (χ1n) is 6.03. The lowest BCUT2D eigenvalue weighted by Crippen LogP contribution is -2.18. The number of rotatable bonds is 3. The van der Waals surface area contributed by atoms with Crippen LogP contribution < -0.4 is 5.32 Å². The van der Waals surface area contributed by atoms with E-state index in [0.717, 1.165) is 22.6 Å². The first-order valence-corrected chi connectivity index (χ1v) is 6.03. The molecule has 2 nitrogen and oxygen atoms in total. The highest BCUT2D eigenvalue weighted by molar-refractivity contribution is 5.33. The average molecular weight is 247 g/mol. The molecule has 0 amide bonds. The van der Waals surface area contributed by atoms with Crippen molar-refractivity contribution < 1.29 is 8.81 Å². The second kappa shape index (κ2) is 4.94. The van der Waals surface area contributed by atoms with E-state index in [9.17, 15) is 4.39 Å². The number of hydrogen-bond acceptors (Lipinski definition) is 2. The topological polar surface area (TPSA) is 25.2 Å². The fourth-order valence-electron chi connectivity index (χ4n) is 2.06. The summed E-state index contributed by atoms with van der Waals surface area (Å²) in [7, 11) is 1.80. The van der Waals surface area contributed by atoms with Gasteiger partial charge in [0.05, 0.1) is 6.04 Å². The third-order valence-corrected chi connectivity index (χ3v) is 3.23. The van der Waals surface area contributed by atoms with Crippen molar-refractivity contribution in [1.82, 2.24) is 5.32 Å². The molecule has 1 heterocycles. The minimum atomic E-state index is -0.252. The van der Waals surface area contributed by atoms with Crippen molar-refractivity contribution >= 4 is 0 Å². The van der Waals surface area contributed by atoms with Gasteiger partial charge in [-0.1, -0.05) is 12.1 Å². The van der Waals surface area contributed by atoms with Crippen molar-refractivity contribution in [3.8, 4) is 0 Å². The molecule has 0 radical (unpaired) electrons. The maximum Gasteiger partial charge on any atom is 0.128 e. The molecule has 0 aliphatic rings. The molecule has 1 aromatic heterocycles. The zero-order valence-corrected chi connectivity index (χ0v) is 11.2. The average Bonchev–Trinajstić information content (AvgIpc) is 2.63. The zero-order chi connectivity index (χ0) is 13.3. The summed E-state index contributed by atoms with van der Waals surface area (Å²) >= 11 is 0. The number of aryl methyl sites for hydroxylation is 3. The largest absolute Gasteiger partial charge is 0.464 e. The van der Waals surface area contributed by atoms with Crippen LogP contribution in [-0.2, 0) is 0 Å². The Morgan fingerprint density at radius 2 is 1.89 bits per heavy atom. The molecule has 2 rings (SSSR count). The number of benzene rings is 1. The highest BCUT2D eigenvalue weighted by Crippen LogP contribution is 2.27. The van der Waals surface area contributed by atoms with E-state index in [1.807, 2.05) is 32.9 Å². The Kier molecular flexibility index (Phi) is 3.53. The molecular formula is C15H18FNO. The second-order valence-electron chi connectivity index (χ2n) is 4.63. The van der Waals surface area contributed by atoms with Gasteiger partial charge in [-0.25, -0.2) is 4.39 Å². The zero-order valence-electron chi connectivity index (χ0n) is 11.2. The molecule has 0 bridgehead atoms. The highest BCUT2D eigenvalue weighted by Gasteiger charge is 2.20. The maximum atomic E-state index is 14.0. The van der Waals surface area contributed by atoms with E-state index in [2.05, 4.69) is 5.32 Å². The number of nitrogens with one attached hydrogen (secondary N) is 1. The summed E-state index contributed by atoms with van der Waals surface area (Å²) in [6.07, 6.45) is 0. The minimum absolute atomic E-state index is 0.207. The van der Waals surface area contributed by atoms with E-state index >= 15 is 0 Å². The molecule has 1 atom stereocenters. The second-order valence-corrected chi connectivity index (χ2v) is 4.63. The summed E-state index contributed by atoms with van der Waals surface area (Å²) in [5, 5.41) is 3.10. The van der Waals surface area contributed by atoms with Crippen LogP contribution in [0, 0.1) is 26.6 Å². The van der Waals surface area contributed by atoms with Gasteiger partial charge in [0.1, 0.15) is 17.3 Å². The van der Waals surface area contributed by atoms with Crippen LogP contribution in [0.25, 0.3) is 0 Å². The lowest BCUT2D eigenvalue weighted by atomic mass is 10.0. The standard InChI is InChI=1S/C15H18FNO/c1-9-5-6-12(13(16)7-9)15(17-4)14-8-10(2)11(3)18-14/h5-8,15,17H,1-4H3. The molecular weight excluding hydrogens is 229 g/mol. The Morgan fingerprint density at radius 3 is 2.39 bits per heavy atom. The molecule has 96 valence electrons. The van der Waals surface area contributed by atoms with Gasteiger partial charge < -0.3 is 9.73 Å². The van der Waals surface area contributed by atoms with Gasteiger partial charge in [-0.15, -0.1) is 0 Å². The van der Waals surface area contributed by atoms with E-state index in [1.54, 1.807) is 19.2 Å². The Morgan fingerprint density at radius 1 is 1.17 bits per heavy atom. The third kappa shape index (κ3) is 2.31. The number of furan rings is 1. The summed E-state index contributed by atoms with van der Waals surface area (Å²) < 4.78 is 19.7. The smallest absolute Gasteiger partial charge is 0.128 e. The predicted octanol–water partition coefficient (Wildman–Crippen LogP) is 3.65. The maximum absolute atomic E-state index is 14.0. The van der Waals surface area contributed by atoms with E-state index in [-0.39, 0.29) is 11.9 Å². The monoisotopic (exact) mass is 247 g/mol. The van der Waals surface area contributed by atoms with Gasteiger partial charge in [0, 0.05) is 5.56 Å². The van der Waals surface area contributed by atoms with Gasteiger partial charge in [-0.05, 0) is 51.1 Å². The van der Waals surface area contributed by atoms with Crippen LogP contribution in [0.5, 0.6) is 0 Å². The molecule has 0 aliphatic carbocycles. The fraction of sp³-hybridized carbons (Fsp3) is 0.333. The van der Waals surface area contributed by atoms with Crippen LogP contribution in [0.1, 0.15) is 34.3 Å². The molecule has 1 N–H and O–H groups in total. The molecule has 0 spiro atoms. The van der Waals surface area contributed by atoms with Crippen LogP contribution >= 0.6 is 0 Å². The van der Waals surface area contributed by atoms with Crippen LogP contribution in [0.15, 0.2) is 28.7 Å². The molecule has 0 saturated carbocycles. The van der Waals surface area contributed by atoms with Gasteiger partial charge in [-0.2, -0.15) is 0 Å². The van der Waals surface area contributed by atoms with E-state index < -0.39 is 0 Å². The van der Waals surface area contributed by atoms with Crippen molar-refractivity contribution in [2.75, 3.05) is 7.05 Å². The number of hydrogen-bond donors (Lipinski definition) is 1. The van der Waals surface area contributed by atoms with Crippen LogP contribution in [0.3, 0.4) is 0 Å². The van der Waals surface area contributed by atoms with Crippen molar-refractivity contribution in [3.63, 3.8) is 0 Å². The molecule has 2 aromatic rings. The highest BCUT2D eigenvalue weighted by atomic mass is 19.1. The molecule has 0 saturated heterocycles. The van der Waals surface area contributed by atoms with Gasteiger partial charge in [0.25, 0.3) is 0 Å². The Hall–Kier alpha value is -1.61. The summed E-state index contributed by atoms with van der Waals surface area (Å²) in [5.41, 5.74) is 2.60. The van der Waals surface area contributed by atoms with E-state index in [1.165, 1.54) is 0 Å². The summed E-state index contributed by atoms with van der Waals surface area (Å²) in [4.78, 5) is 0. The van der Waals surface area contributed by atoms with Crippen LogP contribution in [0.2, 0.25) is 0 Å².